The van der Waals surface area contributed by atoms with Gasteiger partial charge in [-0.2, -0.15) is 4.37 Å². The Morgan fingerprint density at radius 3 is 2.89 bits per heavy atom. The summed E-state index contributed by atoms with van der Waals surface area (Å²) in [4.78, 5) is 11.2. The van der Waals surface area contributed by atoms with Gasteiger partial charge in [0, 0.05) is 5.02 Å². The average molecular weight is 299 g/mol. The Hall–Kier alpha value is -1.79. The molecule has 0 radical (unpaired) electrons. The van der Waals surface area contributed by atoms with Crippen molar-refractivity contribution < 1.29 is 14.6 Å². The lowest BCUT2D eigenvalue weighted by atomic mass is 10.2. The van der Waals surface area contributed by atoms with Crippen LogP contribution in [0.1, 0.15) is 16.1 Å². The van der Waals surface area contributed by atoms with E-state index in [-0.39, 0.29) is 5.56 Å². The number of carbonyl (C=O) groups is 1. The van der Waals surface area contributed by atoms with Crippen LogP contribution in [0.3, 0.4) is 0 Å². The summed E-state index contributed by atoms with van der Waals surface area (Å²) in [5, 5.41) is 13.1. The smallest absolute Gasteiger partial charge is 0.340 e. The first-order chi connectivity index (χ1) is 9.02. The molecule has 0 aliphatic heterocycles. The second kappa shape index (κ2) is 5.46. The third-order valence-electron chi connectivity index (χ3n) is 2.49. The molecule has 0 spiro atoms. The molecular weight excluding hydrogens is 288 g/mol. The van der Waals surface area contributed by atoms with Crippen LogP contribution in [-0.4, -0.2) is 22.6 Å². The number of halogens is 1. The van der Waals surface area contributed by atoms with Gasteiger partial charge in [0.05, 0.1) is 18.5 Å². The molecule has 0 saturated heterocycles. The van der Waals surface area contributed by atoms with Gasteiger partial charge < -0.3 is 15.2 Å². The number of nitrogens with zero attached hydrogens (tertiary/aromatic N) is 1. The molecule has 0 amide bonds. The van der Waals surface area contributed by atoms with Crippen molar-refractivity contribution in [3.63, 3.8) is 0 Å². The number of hydrogen-bond acceptors (Lipinski definition) is 5. The van der Waals surface area contributed by atoms with Crippen molar-refractivity contribution in [3.8, 4) is 5.75 Å². The number of hydrogen-bond donors (Lipinski definition) is 2. The molecule has 0 aliphatic rings. The van der Waals surface area contributed by atoms with Crippen LogP contribution in [0.15, 0.2) is 18.2 Å². The standard InChI is InChI=1S/C12H11ClN2O3S/c1-6-10(12(16)17)11(19-15-6)14-8-5-7(13)3-4-9(8)18-2/h3-5,14H,1-2H3,(H,16,17). The van der Waals surface area contributed by atoms with Gasteiger partial charge in [0.15, 0.2) is 0 Å². The summed E-state index contributed by atoms with van der Waals surface area (Å²) in [6.07, 6.45) is 0. The van der Waals surface area contributed by atoms with Gasteiger partial charge in [-0.15, -0.1) is 0 Å². The molecule has 0 aliphatic carbocycles. The molecule has 0 unspecified atom stereocenters. The first-order valence-electron chi connectivity index (χ1n) is 5.33. The minimum absolute atomic E-state index is 0.159. The molecule has 2 rings (SSSR count). The van der Waals surface area contributed by atoms with E-state index in [4.69, 9.17) is 21.4 Å². The van der Waals surface area contributed by atoms with E-state index in [9.17, 15) is 4.79 Å². The van der Waals surface area contributed by atoms with Gasteiger partial charge in [0.25, 0.3) is 0 Å². The number of methoxy groups -OCH3 is 1. The van der Waals surface area contributed by atoms with E-state index in [1.165, 1.54) is 7.11 Å². The van der Waals surface area contributed by atoms with Crippen molar-refractivity contribution >= 4 is 39.8 Å². The largest absolute Gasteiger partial charge is 0.495 e. The van der Waals surface area contributed by atoms with Crippen LogP contribution >= 0.6 is 23.1 Å². The Morgan fingerprint density at radius 2 is 2.26 bits per heavy atom. The van der Waals surface area contributed by atoms with Crippen LogP contribution in [0.4, 0.5) is 10.7 Å². The fourth-order valence-corrected chi connectivity index (χ4v) is 2.58. The monoisotopic (exact) mass is 298 g/mol. The molecule has 1 heterocycles. The topological polar surface area (TPSA) is 71.5 Å². The van der Waals surface area contributed by atoms with Crippen molar-refractivity contribution in [1.29, 1.82) is 0 Å². The van der Waals surface area contributed by atoms with Gasteiger partial charge in [-0.1, -0.05) is 11.6 Å². The van der Waals surface area contributed by atoms with E-state index in [1.54, 1.807) is 25.1 Å². The zero-order valence-electron chi connectivity index (χ0n) is 10.2. The Kier molecular flexibility index (Phi) is 3.92. The number of aromatic nitrogens is 1. The lowest BCUT2D eigenvalue weighted by Crippen LogP contribution is -2.02. The van der Waals surface area contributed by atoms with Crippen molar-refractivity contribution in [2.24, 2.45) is 0 Å². The summed E-state index contributed by atoms with van der Waals surface area (Å²) in [5.74, 6) is -0.443. The van der Waals surface area contributed by atoms with E-state index in [2.05, 4.69) is 9.69 Å². The van der Waals surface area contributed by atoms with Crippen LogP contribution in [0.5, 0.6) is 5.75 Å². The van der Waals surface area contributed by atoms with Crippen molar-refractivity contribution in [3.05, 3.63) is 34.5 Å². The minimum Gasteiger partial charge on any atom is -0.495 e. The lowest BCUT2D eigenvalue weighted by Gasteiger charge is -2.10. The van der Waals surface area contributed by atoms with E-state index in [1.807, 2.05) is 0 Å². The maximum atomic E-state index is 11.2. The molecule has 0 fully saturated rings. The number of carboxylic acids is 1. The van der Waals surface area contributed by atoms with Crippen molar-refractivity contribution in [2.75, 3.05) is 12.4 Å². The fourth-order valence-electron chi connectivity index (χ4n) is 1.61. The summed E-state index contributed by atoms with van der Waals surface area (Å²) < 4.78 is 9.23. The summed E-state index contributed by atoms with van der Waals surface area (Å²) in [6.45, 7) is 1.65. The number of carboxylic acid groups (broad SMARTS) is 1. The van der Waals surface area contributed by atoms with Gasteiger partial charge in [-0.25, -0.2) is 4.79 Å². The zero-order valence-corrected chi connectivity index (χ0v) is 11.8. The number of benzene rings is 1. The highest BCUT2D eigenvalue weighted by atomic mass is 35.5. The number of aryl methyl sites for hydroxylation is 1. The fraction of sp³-hybridized carbons (Fsp3) is 0.167. The molecule has 0 atom stereocenters. The summed E-state index contributed by atoms with van der Waals surface area (Å²) in [6, 6.07) is 5.07. The number of nitrogens with one attached hydrogen (secondary N) is 1. The summed E-state index contributed by atoms with van der Waals surface area (Å²) >= 11 is 7.01. The molecule has 1 aromatic carbocycles. The number of rotatable bonds is 4. The van der Waals surface area contributed by atoms with Crippen LogP contribution < -0.4 is 10.1 Å². The zero-order chi connectivity index (χ0) is 14.0. The summed E-state index contributed by atoms with van der Waals surface area (Å²) in [5.41, 5.74) is 1.23. The van der Waals surface area contributed by atoms with E-state index in [0.717, 1.165) is 11.5 Å². The van der Waals surface area contributed by atoms with Crippen LogP contribution in [-0.2, 0) is 0 Å². The van der Waals surface area contributed by atoms with Crippen LogP contribution in [0.2, 0.25) is 5.02 Å². The van der Waals surface area contributed by atoms with Crippen LogP contribution in [0, 0.1) is 6.92 Å². The maximum absolute atomic E-state index is 11.2. The highest BCUT2D eigenvalue weighted by Gasteiger charge is 2.18. The van der Waals surface area contributed by atoms with Gasteiger partial charge >= 0.3 is 5.97 Å². The van der Waals surface area contributed by atoms with Crippen LogP contribution in [0.25, 0.3) is 0 Å². The van der Waals surface area contributed by atoms with Crippen molar-refractivity contribution in [2.45, 2.75) is 6.92 Å². The molecule has 100 valence electrons. The Bertz CT molecular complexity index is 627. The van der Waals surface area contributed by atoms with E-state index in [0.29, 0.717) is 27.2 Å². The third-order valence-corrected chi connectivity index (χ3v) is 3.58. The molecule has 0 bridgehead atoms. The quantitative estimate of drug-likeness (QED) is 0.903. The first-order valence-corrected chi connectivity index (χ1v) is 6.48. The maximum Gasteiger partial charge on any atom is 0.340 e. The van der Waals surface area contributed by atoms with Gasteiger partial charge in [0.1, 0.15) is 16.3 Å². The Labute approximate surface area is 119 Å². The number of anilines is 2. The summed E-state index contributed by atoms with van der Waals surface area (Å²) in [7, 11) is 1.53. The molecule has 0 saturated carbocycles. The average Bonchev–Trinajstić information content (AvgIpc) is 2.71. The van der Waals surface area contributed by atoms with Gasteiger partial charge in [-0.3, -0.25) is 0 Å². The van der Waals surface area contributed by atoms with E-state index < -0.39 is 5.97 Å². The Morgan fingerprint density at radius 1 is 1.53 bits per heavy atom. The minimum atomic E-state index is -1.02. The Balaban J connectivity index is 2.41. The molecule has 2 aromatic rings. The first kappa shape index (κ1) is 13.6. The second-order valence-electron chi connectivity index (χ2n) is 3.75. The van der Waals surface area contributed by atoms with E-state index >= 15 is 0 Å². The molecule has 2 N–H and O–H groups in total. The van der Waals surface area contributed by atoms with Crippen molar-refractivity contribution in [1.82, 2.24) is 4.37 Å². The molecular formula is C12H11ClN2O3S. The molecule has 7 heteroatoms. The number of aromatic carboxylic acids is 1. The highest BCUT2D eigenvalue weighted by molar-refractivity contribution is 7.10. The van der Waals surface area contributed by atoms with Gasteiger partial charge in [0.2, 0.25) is 0 Å². The SMILES string of the molecule is COc1ccc(Cl)cc1Nc1snc(C)c1C(=O)O. The third kappa shape index (κ3) is 2.80. The number of ether oxygens (including phenoxy) is 1. The molecule has 19 heavy (non-hydrogen) atoms. The molecule has 1 aromatic heterocycles. The normalized spacial score (nSPS) is 10.3. The molecule has 5 nitrogen and oxygen atoms in total. The van der Waals surface area contributed by atoms with Gasteiger partial charge in [-0.05, 0) is 36.7 Å². The predicted octanol–water partition coefficient (Wildman–Crippen LogP) is 3.56. The predicted molar refractivity (Wildman–Crippen MR) is 75.1 cm³/mol. The lowest BCUT2D eigenvalue weighted by molar-refractivity contribution is 0.0697. The second-order valence-corrected chi connectivity index (χ2v) is 4.96. The highest BCUT2D eigenvalue weighted by Crippen LogP contribution is 2.34.